The van der Waals surface area contributed by atoms with Crippen LogP contribution in [0, 0.1) is 0 Å². The summed E-state index contributed by atoms with van der Waals surface area (Å²) in [6.07, 6.45) is 3.24. The third kappa shape index (κ3) is 4.37. The molecule has 102 valence electrons. The lowest BCUT2D eigenvalue weighted by atomic mass is 10.2. The van der Waals surface area contributed by atoms with Gasteiger partial charge in [0.1, 0.15) is 0 Å². The van der Waals surface area contributed by atoms with Crippen molar-refractivity contribution in [2.75, 3.05) is 10.6 Å². The van der Waals surface area contributed by atoms with Crippen LogP contribution in [0.1, 0.15) is 11.8 Å². The highest BCUT2D eigenvalue weighted by molar-refractivity contribution is 7.10. The Kier molecular flexibility index (Phi) is 4.68. The molecular formula is C15H14N2O2S. The molecule has 0 unspecified atom stereocenters. The lowest BCUT2D eigenvalue weighted by Gasteiger charge is -2.06. The van der Waals surface area contributed by atoms with Crippen LogP contribution in [0.5, 0.6) is 0 Å². The molecule has 0 aliphatic rings. The number of carbonyl (C=O) groups is 2. The van der Waals surface area contributed by atoms with Gasteiger partial charge in [-0.15, -0.1) is 11.3 Å². The quantitative estimate of drug-likeness (QED) is 0.847. The molecule has 2 rings (SSSR count). The Bertz CT molecular complexity index is 633. The number of hydrogen-bond donors (Lipinski definition) is 2. The molecule has 0 aliphatic heterocycles. The van der Waals surface area contributed by atoms with E-state index in [-0.39, 0.29) is 11.8 Å². The minimum Gasteiger partial charge on any atom is -0.326 e. The molecular weight excluding hydrogens is 272 g/mol. The molecule has 1 aromatic carbocycles. The van der Waals surface area contributed by atoms with Crippen molar-refractivity contribution >= 4 is 40.6 Å². The van der Waals surface area contributed by atoms with E-state index in [1.165, 1.54) is 13.0 Å². The van der Waals surface area contributed by atoms with Crippen LogP contribution < -0.4 is 10.6 Å². The number of rotatable bonds is 4. The minimum atomic E-state index is -0.210. The third-order valence-electron chi connectivity index (χ3n) is 2.39. The fraction of sp³-hybridized carbons (Fsp3) is 0.0667. The van der Waals surface area contributed by atoms with E-state index in [1.54, 1.807) is 41.7 Å². The second kappa shape index (κ2) is 6.68. The highest BCUT2D eigenvalue weighted by Gasteiger charge is 2.00. The van der Waals surface area contributed by atoms with Gasteiger partial charge in [0.05, 0.1) is 0 Å². The van der Waals surface area contributed by atoms with Crippen LogP contribution >= 0.6 is 11.3 Å². The van der Waals surface area contributed by atoms with Gasteiger partial charge in [0.25, 0.3) is 0 Å². The summed E-state index contributed by atoms with van der Waals surface area (Å²) in [5.41, 5.74) is 1.29. The third-order valence-corrected chi connectivity index (χ3v) is 3.23. The molecule has 1 aromatic heterocycles. The molecule has 20 heavy (non-hydrogen) atoms. The fourth-order valence-corrected chi connectivity index (χ4v) is 2.22. The fourth-order valence-electron chi connectivity index (χ4n) is 1.61. The molecule has 4 nitrogen and oxygen atoms in total. The maximum atomic E-state index is 11.8. The molecule has 0 bridgehead atoms. The van der Waals surface area contributed by atoms with Gasteiger partial charge in [-0.1, -0.05) is 12.1 Å². The molecule has 0 aliphatic carbocycles. The van der Waals surface area contributed by atoms with Crippen LogP contribution in [-0.2, 0) is 9.59 Å². The lowest BCUT2D eigenvalue weighted by molar-refractivity contribution is -0.114. The average Bonchev–Trinajstić information content (AvgIpc) is 2.89. The second-order valence-corrected chi connectivity index (χ2v) is 5.08. The summed E-state index contributed by atoms with van der Waals surface area (Å²) >= 11 is 1.57. The van der Waals surface area contributed by atoms with Crippen molar-refractivity contribution in [3.05, 3.63) is 52.7 Å². The Balaban J connectivity index is 1.99. The van der Waals surface area contributed by atoms with Crippen LogP contribution in [0.3, 0.4) is 0 Å². The predicted octanol–water partition coefficient (Wildman–Crippen LogP) is 3.36. The number of anilines is 2. The maximum absolute atomic E-state index is 11.8. The van der Waals surface area contributed by atoms with E-state index in [4.69, 9.17) is 0 Å². The summed E-state index contributed by atoms with van der Waals surface area (Å²) in [4.78, 5) is 23.8. The van der Waals surface area contributed by atoms with E-state index in [0.29, 0.717) is 11.4 Å². The zero-order chi connectivity index (χ0) is 14.4. The van der Waals surface area contributed by atoms with Crippen molar-refractivity contribution in [3.63, 3.8) is 0 Å². The number of thiophene rings is 1. The molecule has 0 radical (unpaired) electrons. The summed E-state index contributed by atoms with van der Waals surface area (Å²) in [5.74, 6) is -0.357. The van der Waals surface area contributed by atoms with Crippen LogP contribution in [0.4, 0.5) is 11.4 Å². The van der Waals surface area contributed by atoms with Crippen molar-refractivity contribution in [2.24, 2.45) is 0 Å². The molecule has 0 atom stereocenters. The van der Waals surface area contributed by atoms with Crippen molar-refractivity contribution in [1.29, 1.82) is 0 Å². The van der Waals surface area contributed by atoms with Crippen LogP contribution in [-0.4, -0.2) is 11.8 Å². The summed E-state index contributed by atoms with van der Waals surface area (Å²) in [6, 6.07) is 10.9. The first-order valence-electron chi connectivity index (χ1n) is 6.04. The largest absolute Gasteiger partial charge is 0.326 e. The van der Waals surface area contributed by atoms with E-state index < -0.39 is 0 Å². The minimum absolute atomic E-state index is 0.147. The maximum Gasteiger partial charge on any atom is 0.248 e. The highest BCUT2D eigenvalue weighted by Crippen LogP contribution is 2.15. The van der Waals surface area contributed by atoms with Gasteiger partial charge in [0.15, 0.2) is 0 Å². The van der Waals surface area contributed by atoms with Gasteiger partial charge in [-0.05, 0) is 35.7 Å². The van der Waals surface area contributed by atoms with Gasteiger partial charge in [-0.2, -0.15) is 0 Å². The second-order valence-electron chi connectivity index (χ2n) is 4.10. The molecule has 2 amide bonds. The summed E-state index contributed by atoms with van der Waals surface area (Å²) in [6.45, 7) is 1.44. The van der Waals surface area contributed by atoms with Crippen LogP contribution in [0.2, 0.25) is 0 Å². The predicted molar refractivity (Wildman–Crippen MR) is 82.7 cm³/mol. The molecule has 1 heterocycles. The van der Waals surface area contributed by atoms with Gasteiger partial charge in [-0.3, -0.25) is 9.59 Å². The number of benzene rings is 1. The summed E-state index contributed by atoms with van der Waals surface area (Å²) < 4.78 is 0. The standard InChI is InChI=1S/C15H14N2O2S/c1-11(18)16-12-4-2-5-13(10-12)17-15(19)8-7-14-6-3-9-20-14/h2-10H,1H3,(H,16,18)(H,17,19). The Labute approximate surface area is 121 Å². The molecule has 0 spiro atoms. The molecule has 0 saturated carbocycles. The normalized spacial score (nSPS) is 10.4. The molecule has 0 fully saturated rings. The Hall–Kier alpha value is -2.40. The molecule has 0 saturated heterocycles. The van der Waals surface area contributed by atoms with E-state index in [2.05, 4.69) is 10.6 Å². The van der Waals surface area contributed by atoms with Crippen molar-refractivity contribution in [1.82, 2.24) is 0 Å². The Morgan fingerprint density at radius 3 is 2.50 bits per heavy atom. The van der Waals surface area contributed by atoms with Crippen molar-refractivity contribution < 1.29 is 9.59 Å². The van der Waals surface area contributed by atoms with Gasteiger partial charge >= 0.3 is 0 Å². The van der Waals surface area contributed by atoms with Crippen molar-refractivity contribution in [3.8, 4) is 0 Å². The summed E-state index contributed by atoms with van der Waals surface area (Å²) in [5, 5.41) is 7.36. The number of nitrogens with one attached hydrogen (secondary N) is 2. The smallest absolute Gasteiger partial charge is 0.248 e. The first-order chi connectivity index (χ1) is 9.63. The van der Waals surface area contributed by atoms with E-state index >= 15 is 0 Å². The first-order valence-corrected chi connectivity index (χ1v) is 6.92. The lowest BCUT2D eigenvalue weighted by Crippen LogP contribution is -2.09. The van der Waals surface area contributed by atoms with E-state index in [0.717, 1.165) is 4.88 Å². The van der Waals surface area contributed by atoms with Gasteiger partial charge in [0.2, 0.25) is 11.8 Å². The van der Waals surface area contributed by atoms with Crippen molar-refractivity contribution in [2.45, 2.75) is 6.92 Å². The first kappa shape index (κ1) is 14.0. The zero-order valence-corrected chi connectivity index (χ0v) is 11.7. The SMILES string of the molecule is CC(=O)Nc1cccc(NC(=O)C=Cc2cccs2)c1. The average molecular weight is 286 g/mol. The van der Waals surface area contributed by atoms with Crippen LogP contribution in [0.15, 0.2) is 47.9 Å². The van der Waals surface area contributed by atoms with E-state index in [1.807, 2.05) is 17.5 Å². The van der Waals surface area contributed by atoms with Gasteiger partial charge in [0, 0.05) is 29.3 Å². The molecule has 2 N–H and O–H groups in total. The number of carbonyl (C=O) groups excluding carboxylic acids is 2. The monoisotopic (exact) mass is 286 g/mol. The topological polar surface area (TPSA) is 58.2 Å². The van der Waals surface area contributed by atoms with Gasteiger partial charge in [-0.25, -0.2) is 0 Å². The zero-order valence-electron chi connectivity index (χ0n) is 10.9. The number of hydrogen-bond acceptors (Lipinski definition) is 3. The highest BCUT2D eigenvalue weighted by atomic mass is 32.1. The Morgan fingerprint density at radius 1 is 1.10 bits per heavy atom. The van der Waals surface area contributed by atoms with E-state index in [9.17, 15) is 9.59 Å². The summed E-state index contributed by atoms with van der Waals surface area (Å²) in [7, 11) is 0. The molecule has 2 aromatic rings. The van der Waals surface area contributed by atoms with Gasteiger partial charge < -0.3 is 10.6 Å². The van der Waals surface area contributed by atoms with Crippen LogP contribution in [0.25, 0.3) is 6.08 Å². The molecule has 5 heteroatoms. The number of amides is 2. The Morgan fingerprint density at radius 2 is 1.85 bits per heavy atom.